The summed E-state index contributed by atoms with van der Waals surface area (Å²) in [6, 6.07) is 5.45. The summed E-state index contributed by atoms with van der Waals surface area (Å²) in [7, 11) is 0. The van der Waals surface area contributed by atoms with Gasteiger partial charge in [-0.25, -0.2) is 0 Å². The molecule has 0 aromatic heterocycles. The number of carbonyl (C=O) groups is 3. The van der Waals surface area contributed by atoms with Crippen LogP contribution in [-0.4, -0.2) is 18.9 Å². The Bertz CT molecular complexity index is 305. The zero-order valence-corrected chi connectivity index (χ0v) is 10.2. The van der Waals surface area contributed by atoms with Crippen LogP contribution < -0.4 is 0 Å². The summed E-state index contributed by atoms with van der Waals surface area (Å²) in [5.41, 5.74) is 2.55. The van der Waals surface area contributed by atoms with E-state index < -0.39 is 0 Å². The van der Waals surface area contributed by atoms with Gasteiger partial charge in [0.1, 0.15) is 18.9 Å². The van der Waals surface area contributed by atoms with Gasteiger partial charge in [0.2, 0.25) is 0 Å². The molecule has 0 spiro atoms. The molecule has 0 aliphatic carbocycles. The predicted molar refractivity (Wildman–Crippen MR) is 62.5 cm³/mol. The molecular formula is C13H16O3Pd. The molecule has 96 valence electrons. The number of hydrogen-bond donors (Lipinski definition) is 0. The van der Waals surface area contributed by atoms with Crippen molar-refractivity contribution in [3.8, 4) is 0 Å². The summed E-state index contributed by atoms with van der Waals surface area (Å²) in [6.45, 7) is 0. The Hall–Kier alpha value is -1.11. The Labute approximate surface area is 115 Å². The molecule has 0 radical (unpaired) electrons. The van der Waals surface area contributed by atoms with Gasteiger partial charge in [-0.1, -0.05) is 25.6 Å². The van der Waals surface area contributed by atoms with Gasteiger partial charge in [-0.15, -0.1) is 0 Å². The molecule has 0 fully saturated rings. The van der Waals surface area contributed by atoms with Crippen LogP contribution >= 0.6 is 0 Å². The smallest absolute Gasteiger partial charge is 0.124 e. The number of carbonyl (C=O) groups excluding carboxylic acids is 3. The van der Waals surface area contributed by atoms with Crippen molar-refractivity contribution in [3.63, 3.8) is 0 Å². The van der Waals surface area contributed by atoms with E-state index in [1.165, 1.54) is 0 Å². The fourth-order valence-electron chi connectivity index (χ4n) is 1.48. The molecule has 1 aromatic carbocycles. The monoisotopic (exact) mass is 326 g/mol. The molecule has 0 heterocycles. The topological polar surface area (TPSA) is 51.2 Å². The van der Waals surface area contributed by atoms with Crippen molar-refractivity contribution in [2.45, 2.75) is 26.7 Å². The Kier molecular flexibility index (Phi) is 10.8. The second kappa shape index (κ2) is 10.1. The standard InChI is InChI=1S/C12H12O3.CH4.Pd/c13-4-1-10-7-11(2-5-14)9-12(8-10)3-6-15;;/h4-9H,1-3H2;1H4;. The minimum absolute atomic E-state index is 0. The van der Waals surface area contributed by atoms with Crippen molar-refractivity contribution < 1.29 is 34.8 Å². The molecule has 0 aliphatic rings. The van der Waals surface area contributed by atoms with E-state index in [0.29, 0.717) is 19.3 Å². The Morgan fingerprint density at radius 2 is 0.941 bits per heavy atom. The van der Waals surface area contributed by atoms with Crippen LogP contribution in [0.3, 0.4) is 0 Å². The zero-order valence-electron chi connectivity index (χ0n) is 8.63. The molecule has 17 heavy (non-hydrogen) atoms. The van der Waals surface area contributed by atoms with Crippen molar-refractivity contribution in [1.82, 2.24) is 0 Å². The van der Waals surface area contributed by atoms with E-state index in [-0.39, 0.29) is 27.8 Å². The van der Waals surface area contributed by atoms with Gasteiger partial charge in [0, 0.05) is 39.7 Å². The Morgan fingerprint density at radius 1 is 0.706 bits per heavy atom. The van der Waals surface area contributed by atoms with Crippen LogP contribution in [0.4, 0.5) is 0 Å². The second-order valence-electron chi connectivity index (χ2n) is 3.27. The van der Waals surface area contributed by atoms with E-state index >= 15 is 0 Å². The molecule has 1 aromatic rings. The fraction of sp³-hybridized carbons (Fsp3) is 0.308. The third-order valence-electron chi connectivity index (χ3n) is 2.07. The zero-order chi connectivity index (χ0) is 11.1. The van der Waals surface area contributed by atoms with Crippen LogP contribution in [0.25, 0.3) is 0 Å². The maximum atomic E-state index is 10.4. The fourth-order valence-corrected chi connectivity index (χ4v) is 1.48. The van der Waals surface area contributed by atoms with Crippen molar-refractivity contribution in [2.75, 3.05) is 0 Å². The summed E-state index contributed by atoms with van der Waals surface area (Å²) in [5.74, 6) is 0. The van der Waals surface area contributed by atoms with Gasteiger partial charge in [-0.05, 0) is 16.7 Å². The average molecular weight is 327 g/mol. The SMILES string of the molecule is C.O=CCc1cc(CC=O)cc(CC=O)c1.[Pd]. The van der Waals surface area contributed by atoms with Gasteiger partial charge in [-0.3, -0.25) is 0 Å². The largest absolute Gasteiger partial charge is 0.303 e. The Morgan fingerprint density at radius 3 is 1.12 bits per heavy atom. The number of aldehydes is 3. The first-order valence-electron chi connectivity index (χ1n) is 4.72. The molecule has 1 rings (SSSR count). The van der Waals surface area contributed by atoms with E-state index in [1.807, 2.05) is 18.2 Å². The number of hydrogen-bond acceptors (Lipinski definition) is 3. The molecule has 0 unspecified atom stereocenters. The van der Waals surface area contributed by atoms with Crippen LogP contribution in [0.1, 0.15) is 24.1 Å². The average Bonchev–Trinajstić information content (AvgIpc) is 2.19. The van der Waals surface area contributed by atoms with Crippen molar-refractivity contribution >= 4 is 18.9 Å². The van der Waals surface area contributed by atoms with Crippen molar-refractivity contribution in [1.29, 1.82) is 0 Å². The predicted octanol–water partition coefficient (Wildman–Crippen LogP) is 1.54. The van der Waals surface area contributed by atoms with E-state index in [2.05, 4.69) is 0 Å². The van der Waals surface area contributed by atoms with Gasteiger partial charge in [-0.2, -0.15) is 0 Å². The van der Waals surface area contributed by atoms with E-state index in [1.54, 1.807) is 0 Å². The van der Waals surface area contributed by atoms with E-state index in [9.17, 15) is 14.4 Å². The van der Waals surface area contributed by atoms with Gasteiger partial charge in [0.25, 0.3) is 0 Å². The summed E-state index contributed by atoms with van der Waals surface area (Å²) in [5, 5.41) is 0. The van der Waals surface area contributed by atoms with Crippen LogP contribution in [0, 0.1) is 0 Å². The molecule has 0 amide bonds. The van der Waals surface area contributed by atoms with E-state index in [4.69, 9.17) is 0 Å². The molecular weight excluding hydrogens is 311 g/mol. The van der Waals surface area contributed by atoms with E-state index in [0.717, 1.165) is 35.5 Å². The van der Waals surface area contributed by atoms with Gasteiger partial charge in [0.15, 0.2) is 0 Å². The minimum Gasteiger partial charge on any atom is -0.303 e. The third kappa shape index (κ3) is 6.26. The van der Waals surface area contributed by atoms with Crippen molar-refractivity contribution in [3.05, 3.63) is 34.9 Å². The first-order chi connectivity index (χ1) is 7.30. The molecule has 0 atom stereocenters. The van der Waals surface area contributed by atoms with Crippen LogP contribution in [0.15, 0.2) is 18.2 Å². The first-order valence-corrected chi connectivity index (χ1v) is 4.72. The Balaban J connectivity index is 0. The number of benzene rings is 1. The molecule has 0 aliphatic heterocycles. The second-order valence-corrected chi connectivity index (χ2v) is 3.27. The normalized spacial score (nSPS) is 8.47. The van der Waals surface area contributed by atoms with Crippen molar-refractivity contribution in [2.24, 2.45) is 0 Å². The van der Waals surface area contributed by atoms with Gasteiger partial charge >= 0.3 is 0 Å². The third-order valence-corrected chi connectivity index (χ3v) is 2.07. The number of rotatable bonds is 6. The molecule has 3 nitrogen and oxygen atoms in total. The summed E-state index contributed by atoms with van der Waals surface area (Å²) in [4.78, 5) is 31.1. The van der Waals surface area contributed by atoms with Crippen LogP contribution in [-0.2, 0) is 54.1 Å². The maximum absolute atomic E-state index is 10.4. The molecule has 0 saturated carbocycles. The minimum atomic E-state index is 0. The summed E-state index contributed by atoms with van der Waals surface area (Å²) >= 11 is 0. The molecule has 0 saturated heterocycles. The molecule has 0 bridgehead atoms. The van der Waals surface area contributed by atoms with Crippen LogP contribution in [0.2, 0.25) is 0 Å². The summed E-state index contributed by atoms with van der Waals surface area (Å²) < 4.78 is 0. The first kappa shape index (κ1) is 18.3. The van der Waals surface area contributed by atoms with Crippen LogP contribution in [0.5, 0.6) is 0 Å². The maximum Gasteiger partial charge on any atom is 0.124 e. The quantitative estimate of drug-likeness (QED) is 0.588. The molecule has 0 N–H and O–H groups in total. The summed E-state index contributed by atoms with van der Waals surface area (Å²) in [6.07, 6.45) is 3.38. The molecule has 4 heteroatoms. The van der Waals surface area contributed by atoms with Gasteiger partial charge < -0.3 is 14.4 Å². The van der Waals surface area contributed by atoms with Gasteiger partial charge in [0.05, 0.1) is 0 Å².